The molecule has 0 bridgehead atoms. The van der Waals surface area contributed by atoms with Crippen molar-refractivity contribution in [2.24, 2.45) is 0 Å². The molecule has 1 heterocycles. The van der Waals surface area contributed by atoms with Crippen molar-refractivity contribution in [3.63, 3.8) is 0 Å². The molecule has 0 radical (unpaired) electrons. The number of nitrogens with zero attached hydrogens (tertiary/aromatic N) is 1. The summed E-state index contributed by atoms with van der Waals surface area (Å²) in [6.45, 7) is 3.59. The Bertz CT molecular complexity index is 733. The molecule has 0 aliphatic rings. The average molecular weight is 330 g/mol. The summed E-state index contributed by atoms with van der Waals surface area (Å²) in [7, 11) is 0. The second-order valence-corrected chi connectivity index (χ2v) is 5.79. The first kappa shape index (κ1) is 13.3. The molecule has 0 aliphatic carbocycles. The van der Waals surface area contributed by atoms with Crippen molar-refractivity contribution in [2.45, 2.75) is 13.5 Å². The van der Waals surface area contributed by atoms with Gasteiger partial charge in [-0.1, -0.05) is 28.1 Å². The van der Waals surface area contributed by atoms with Gasteiger partial charge in [0, 0.05) is 21.6 Å². The lowest BCUT2D eigenvalue weighted by atomic mass is 10.2. The van der Waals surface area contributed by atoms with E-state index >= 15 is 0 Å². The van der Waals surface area contributed by atoms with Crippen LogP contribution in [0.4, 0.5) is 0 Å². The molecule has 0 unspecified atom stereocenters. The van der Waals surface area contributed by atoms with Crippen LogP contribution in [-0.2, 0) is 6.54 Å². The minimum absolute atomic E-state index is 0.670. The number of hydrogen-bond donors (Lipinski definition) is 0. The average Bonchev–Trinajstić information content (AvgIpc) is 2.81. The molecule has 0 fully saturated rings. The van der Waals surface area contributed by atoms with Crippen LogP contribution >= 0.6 is 15.9 Å². The Morgan fingerprint density at radius 2 is 2.00 bits per heavy atom. The quantitative estimate of drug-likeness (QED) is 0.671. The molecule has 3 aromatic rings. The van der Waals surface area contributed by atoms with Crippen LogP contribution in [0.15, 0.2) is 59.2 Å². The van der Waals surface area contributed by atoms with Crippen molar-refractivity contribution < 1.29 is 4.74 Å². The smallest absolute Gasteiger partial charge is 0.119 e. The molecule has 102 valence electrons. The van der Waals surface area contributed by atoms with E-state index in [0.29, 0.717) is 6.61 Å². The van der Waals surface area contributed by atoms with Gasteiger partial charge in [0.25, 0.3) is 0 Å². The third-order valence-corrected chi connectivity index (χ3v) is 3.82. The summed E-state index contributed by atoms with van der Waals surface area (Å²) >= 11 is 3.50. The van der Waals surface area contributed by atoms with Gasteiger partial charge in [0.2, 0.25) is 0 Å². The molecular weight excluding hydrogens is 314 g/mol. The van der Waals surface area contributed by atoms with Crippen LogP contribution in [0.2, 0.25) is 0 Å². The minimum atomic E-state index is 0.670. The second-order valence-electron chi connectivity index (χ2n) is 4.88. The highest BCUT2D eigenvalue weighted by Crippen LogP contribution is 2.21. The van der Waals surface area contributed by atoms with Crippen LogP contribution in [0.25, 0.3) is 10.9 Å². The Morgan fingerprint density at radius 1 is 1.10 bits per heavy atom. The topological polar surface area (TPSA) is 14.2 Å². The number of halogens is 1. The van der Waals surface area contributed by atoms with Gasteiger partial charge in [0.05, 0.1) is 6.54 Å². The van der Waals surface area contributed by atoms with Crippen molar-refractivity contribution in [3.05, 3.63) is 64.8 Å². The molecule has 0 spiro atoms. The van der Waals surface area contributed by atoms with E-state index in [1.165, 1.54) is 16.5 Å². The Kier molecular flexibility index (Phi) is 3.79. The molecule has 3 rings (SSSR count). The first-order valence-corrected chi connectivity index (χ1v) is 7.45. The van der Waals surface area contributed by atoms with E-state index in [-0.39, 0.29) is 0 Å². The predicted octanol–water partition coefficient (Wildman–Crippen LogP) is 4.79. The third-order valence-electron chi connectivity index (χ3n) is 3.32. The monoisotopic (exact) mass is 329 g/mol. The summed E-state index contributed by atoms with van der Waals surface area (Å²) in [6, 6.07) is 16.6. The second kappa shape index (κ2) is 5.71. The summed E-state index contributed by atoms with van der Waals surface area (Å²) in [5.74, 6) is 0.934. The predicted molar refractivity (Wildman–Crippen MR) is 86.3 cm³/mol. The highest BCUT2D eigenvalue weighted by atomic mass is 79.9. The SMILES string of the molecule is Cc1cccc(OCCn2ccc3cc(Br)ccc32)c1. The van der Waals surface area contributed by atoms with E-state index in [0.717, 1.165) is 16.8 Å². The Labute approximate surface area is 127 Å². The van der Waals surface area contributed by atoms with Crippen molar-refractivity contribution in [1.82, 2.24) is 4.57 Å². The van der Waals surface area contributed by atoms with Gasteiger partial charge in [-0.2, -0.15) is 0 Å². The molecular formula is C17H16BrNO. The number of fused-ring (bicyclic) bond motifs is 1. The number of rotatable bonds is 4. The molecule has 2 nitrogen and oxygen atoms in total. The van der Waals surface area contributed by atoms with Gasteiger partial charge < -0.3 is 9.30 Å². The summed E-state index contributed by atoms with van der Waals surface area (Å²) in [4.78, 5) is 0. The maximum atomic E-state index is 5.80. The zero-order valence-corrected chi connectivity index (χ0v) is 12.9. The molecule has 0 N–H and O–H groups in total. The van der Waals surface area contributed by atoms with Crippen molar-refractivity contribution in [2.75, 3.05) is 6.61 Å². The van der Waals surface area contributed by atoms with Gasteiger partial charge in [-0.15, -0.1) is 0 Å². The van der Waals surface area contributed by atoms with Crippen LogP contribution in [0.3, 0.4) is 0 Å². The number of benzene rings is 2. The fourth-order valence-electron chi connectivity index (χ4n) is 2.33. The standard InChI is InChI=1S/C17H16BrNO/c1-13-3-2-4-16(11-13)20-10-9-19-8-7-14-12-15(18)5-6-17(14)19/h2-8,11-12H,9-10H2,1H3. The molecule has 0 atom stereocenters. The van der Waals surface area contributed by atoms with E-state index in [1.54, 1.807) is 0 Å². The first-order chi connectivity index (χ1) is 9.72. The Morgan fingerprint density at radius 3 is 2.85 bits per heavy atom. The summed E-state index contributed by atoms with van der Waals surface area (Å²) in [6.07, 6.45) is 2.11. The third kappa shape index (κ3) is 2.88. The highest BCUT2D eigenvalue weighted by Gasteiger charge is 2.02. The fourth-order valence-corrected chi connectivity index (χ4v) is 2.71. The molecule has 1 aromatic heterocycles. The molecule has 0 amide bonds. The normalized spacial score (nSPS) is 10.9. The largest absolute Gasteiger partial charge is 0.492 e. The van der Waals surface area contributed by atoms with Gasteiger partial charge in [0.1, 0.15) is 12.4 Å². The van der Waals surface area contributed by atoms with Crippen LogP contribution in [0, 0.1) is 6.92 Å². The van der Waals surface area contributed by atoms with E-state index in [4.69, 9.17) is 4.74 Å². The number of aryl methyl sites for hydroxylation is 1. The molecule has 0 saturated carbocycles. The van der Waals surface area contributed by atoms with Crippen molar-refractivity contribution >= 4 is 26.8 Å². The van der Waals surface area contributed by atoms with E-state index in [9.17, 15) is 0 Å². The van der Waals surface area contributed by atoms with Gasteiger partial charge >= 0.3 is 0 Å². The zero-order valence-electron chi connectivity index (χ0n) is 11.3. The van der Waals surface area contributed by atoms with Gasteiger partial charge in [-0.05, 0) is 48.9 Å². The maximum Gasteiger partial charge on any atom is 0.119 e. The number of hydrogen-bond acceptors (Lipinski definition) is 1. The summed E-state index contributed by atoms with van der Waals surface area (Å²) in [5.41, 5.74) is 2.46. The van der Waals surface area contributed by atoms with Crippen molar-refractivity contribution in [3.8, 4) is 5.75 Å². The van der Waals surface area contributed by atoms with Crippen LogP contribution in [0.1, 0.15) is 5.56 Å². The summed E-state index contributed by atoms with van der Waals surface area (Å²) in [5, 5.41) is 1.25. The number of ether oxygens (including phenoxy) is 1. The number of aromatic nitrogens is 1. The molecule has 3 heteroatoms. The lowest BCUT2D eigenvalue weighted by Crippen LogP contribution is -2.07. The van der Waals surface area contributed by atoms with Gasteiger partial charge in [-0.3, -0.25) is 0 Å². The van der Waals surface area contributed by atoms with Crippen LogP contribution in [-0.4, -0.2) is 11.2 Å². The lowest BCUT2D eigenvalue weighted by molar-refractivity contribution is 0.300. The first-order valence-electron chi connectivity index (χ1n) is 6.66. The Balaban J connectivity index is 1.68. The summed E-state index contributed by atoms with van der Waals surface area (Å²) < 4.78 is 9.13. The van der Waals surface area contributed by atoms with Crippen molar-refractivity contribution in [1.29, 1.82) is 0 Å². The molecule has 0 aliphatic heterocycles. The van der Waals surface area contributed by atoms with Gasteiger partial charge in [0.15, 0.2) is 0 Å². The maximum absolute atomic E-state index is 5.80. The van der Waals surface area contributed by atoms with E-state index in [2.05, 4.69) is 70.0 Å². The zero-order chi connectivity index (χ0) is 13.9. The molecule has 0 saturated heterocycles. The van der Waals surface area contributed by atoms with Gasteiger partial charge in [-0.25, -0.2) is 0 Å². The van der Waals surface area contributed by atoms with Crippen LogP contribution in [0.5, 0.6) is 5.75 Å². The fraction of sp³-hybridized carbons (Fsp3) is 0.176. The Hall–Kier alpha value is -1.74. The minimum Gasteiger partial charge on any atom is -0.492 e. The van der Waals surface area contributed by atoms with Crippen LogP contribution < -0.4 is 4.74 Å². The highest BCUT2D eigenvalue weighted by molar-refractivity contribution is 9.10. The lowest BCUT2D eigenvalue weighted by Gasteiger charge is -2.09. The van der Waals surface area contributed by atoms with E-state index < -0.39 is 0 Å². The molecule has 2 aromatic carbocycles. The molecule has 20 heavy (non-hydrogen) atoms. The van der Waals surface area contributed by atoms with E-state index in [1.807, 2.05) is 12.1 Å².